The van der Waals surface area contributed by atoms with E-state index in [9.17, 15) is 0 Å². The molecule has 17 heavy (non-hydrogen) atoms. The van der Waals surface area contributed by atoms with E-state index in [0.29, 0.717) is 26.4 Å². The van der Waals surface area contributed by atoms with Gasteiger partial charge in [-0.3, -0.25) is 0 Å². The van der Waals surface area contributed by atoms with Crippen LogP contribution in [0.15, 0.2) is 22.7 Å². The minimum absolute atomic E-state index is 0.646. The van der Waals surface area contributed by atoms with Gasteiger partial charge in [0.2, 0.25) is 0 Å². The summed E-state index contributed by atoms with van der Waals surface area (Å²) in [7, 11) is 1.67. The molecule has 0 atom stereocenters. The largest absolute Gasteiger partial charge is 0.493 e. The van der Waals surface area contributed by atoms with Crippen LogP contribution in [0.25, 0.3) is 0 Å². The third kappa shape index (κ3) is 6.05. The first-order valence-electron chi connectivity index (χ1n) is 5.69. The SMILES string of the molecule is COCCOCCCOc1ccc(Br)cc1C. The zero-order chi connectivity index (χ0) is 12.5. The van der Waals surface area contributed by atoms with Crippen molar-refractivity contribution in [3.05, 3.63) is 28.2 Å². The van der Waals surface area contributed by atoms with Gasteiger partial charge in [0.15, 0.2) is 0 Å². The Kier molecular flexibility index (Phi) is 7.24. The van der Waals surface area contributed by atoms with Crippen molar-refractivity contribution < 1.29 is 14.2 Å². The molecule has 0 fully saturated rings. The number of aryl methyl sites for hydroxylation is 1. The summed E-state index contributed by atoms with van der Waals surface area (Å²) >= 11 is 3.43. The van der Waals surface area contributed by atoms with Crippen molar-refractivity contribution in [2.24, 2.45) is 0 Å². The van der Waals surface area contributed by atoms with Gasteiger partial charge in [-0.05, 0) is 30.7 Å². The predicted molar refractivity (Wildman–Crippen MR) is 71.7 cm³/mol. The van der Waals surface area contributed by atoms with Gasteiger partial charge in [0, 0.05) is 24.6 Å². The average Bonchev–Trinajstić information content (AvgIpc) is 2.30. The van der Waals surface area contributed by atoms with Gasteiger partial charge in [0.25, 0.3) is 0 Å². The van der Waals surface area contributed by atoms with Gasteiger partial charge in [0.05, 0.1) is 19.8 Å². The van der Waals surface area contributed by atoms with E-state index in [1.54, 1.807) is 7.11 Å². The lowest BCUT2D eigenvalue weighted by molar-refractivity contribution is 0.0644. The van der Waals surface area contributed by atoms with Gasteiger partial charge in [-0.2, -0.15) is 0 Å². The van der Waals surface area contributed by atoms with Crippen LogP contribution in [-0.4, -0.2) is 33.5 Å². The van der Waals surface area contributed by atoms with Crippen LogP contribution >= 0.6 is 15.9 Å². The molecule has 0 spiro atoms. The highest BCUT2D eigenvalue weighted by molar-refractivity contribution is 9.10. The van der Waals surface area contributed by atoms with E-state index in [2.05, 4.69) is 15.9 Å². The third-order valence-electron chi connectivity index (χ3n) is 2.26. The second-order valence-corrected chi connectivity index (χ2v) is 4.63. The molecule has 0 N–H and O–H groups in total. The van der Waals surface area contributed by atoms with E-state index in [4.69, 9.17) is 14.2 Å². The maximum atomic E-state index is 5.67. The Bertz CT molecular complexity index is 328. The van der Waals surface area contributed by atoms with Crippen LogP contribution in [0.4, 0.5) is 0 Å². The molecule has 1 aromatic rings. The molecule has 3 nitrogen and oxygen atoms in total. The lowest BCUT2D eigenvalue weighted by atomic mass is 10.2. The summed E-state index contributed by atoms with van der Waals surface area (Å²) in [4.78, 5) is 0. The van der Waals surface area contributed by atoms with Crippen molar-refractivity contribution in [1.29, 1.82) is 0 Å². The summed E-state index contributed by atoms with van der Waals surface area (Å²) in [5.41, 5.74) is 1.14. The summed E-state index contributed by atoms with van der Waals surface area (Å²) in [6.07, 6.45) is 0.888. The molecule has 0 unspecified atom stereocenters. The summed E-state index contributed by atoms with van der Waals surface area (Å²) < 4.78 is 17.0. The normalized spacial score (nSPS) is 10.5. The lowest BCUT2D eigenvalue weighted by Gasteiger charge is -2.09. The Morgan fingerprint density at radius 2 is 1.94 bits per heavy atom. The Morgan fingerprint density at radius 3 is 2.65 bits per heavy atom. The zero-order valence-electron chi connectivity index (χ0n) is 10.4. The molecule has 0 radical (unpaired) electrons. The summed E-state index contributed by atoms with van der Waals surface area (Å²) in [5.74, 6) is 0.935. The first-order chi connectivity index (χ1) is 8.24. The monoisotopic (exact) mass is 302 g/mol. The van der Waals surface area contributed by atoms with E-state index in [1.807, 2.05) is 25.1 Å². The molecular formula is C13H19BrO3. The van der Waals surface area contributed by atoms with E-state index < -0.39 is 0 Å². The van der Waals surface area contributed by atoms with Crippen molar-refractivity contribution in [3.63, 3.8) is 0 Å². The Morgan fingerprint density at radius 1 is 1.12 bits per heavy atom. The van der Waals surface area contributed by atoms with Gasteiger partial charge in [0.1, 0.15) is 5.75 Å². The molecule has 0 bridgehead atoms. The fourth-order valence-electron chi connectivity index (χ4n) is 1.36. The lowest BCUT2D eigenvalue weighted by Crippen LogP contribution is -2.07. The van der Waals surface area contributed by atoms with Gasteiger partial charge in [-0.15, -0.1) is 0 Å². The Balaban J connectivity index is 2.14. The maximum absolute atomic E-state index is 5.67. The highest BCUT2D eigenvalue weighted by Gasteiger charge is 1.99. The number of benzene rings is 1. The smallest absolute Gasteiger partial charge is 0.122 e. The second-order valence-electron chi connectivity index (χ2n) is 3.72. The van der Waals surface area contributed by atoms with Crippen molar-refractivity contribution in [2.45, 2.75) is 13.3 Å². The Labute approximate surface area is 111 Å². The van der Waals surface area contributed by atoms with Gasteiger partial charge < -0.3 is 14.2 Å². The van der Waals surface area contributed by atoms with Gasteiger partial charge in [-0.25, -0.2) is 0 Å². The molecule has 0 saturated heterocycles. The van der Waals surface area contributed by atoms with Crippen LogP contribution in [0.5, 0.6) is 5.75 Å². The number of hydrogen-bond donors (Lipinski definition) is 0. The van der Waals surface area contributed by atoms with Crippen molar-refractivity contribution in [3.8, 4) is 5.75 Å². The van der Waals surface area contributed by atoms with Crippen molar-refractivity contribution >= 4 is 15.9 Å². The quantitative estimate of drug-likeness (QED) is 0.690. The van der Waals surface area contributed by atoms with E-state index in [0.717, 1.165) is 22.2 Å². The third-order valence-corrected chi connectivity index (χ3v) is 2.75. The van der Waals surface area contributed by atoms with Gasteiger partial charge >= 0.3 is 0 Å². The Hall–Kier alpha value is -0.580. The maximum Gasteiger partial charge on any atom is 0.122 e. The molecule has 96 valence electrons. The fraction of sp³-hybridized carbons (Fsp3) is 0.538. The van der Waals surface area contributed by atoms with Crippen molar-refractivity contribution in [1.82, 2.24) is 0 Å². The number of rotatable bonds is 8. The standard InChI is InChI=1S/C13H19BrO3/c1-11-10-12(14)4-5-13(11)17-7-3-6-16-9-8-15-2/h4-5,10H,3,6-9H2,1-2H3. The van der Waals surface area contributed by atoms with Crippen LogP contribution < -0.4 is 4.74 Å². The van der Waals surface area contributed by atoms with Crippen LogP contribution in [0, 0.1) is 6.92 Å². The molecule has 1 aromatic carbocycles. The number of hydrogen-bond acceptors (Lipinski definition) is 3. The van der Waals surface area contributed by atoms with Crippen LogP contribution in [-0.2, 0) is 9.47 Å². The van der Waals surface area contributed by atoms with E-state index in [-0.39, 0.29) is 0 Å². The number of ether oxygens (including phenoxy) is 3. The zero-order valence-corrected chi connectivity index (χ0v) is 12.0. The molecule has 0 aliphatic heterocycles. The highest BCUT2D eigenvalue weighted by Crippen LogP contribution is 2.22. The highest BCUT2D eigenvalue weighted by atomic mass is 79.9. The van der Waals surface area contributed by atoms with Gasteiger partial charge in [-0.1, -0.05) is 15.9 Å². The summed E-state index contributed by atoms with van der Waals surface area (Å²) in [6.45, 7) is 4.71. The second kappa shape index (κ2) is 8.50. The molecule has 0 heterocycles. The fourth-order valence-corrected chi connectivity index (χ4v) is 1.84. The molecule has 1 rings (SSSR count). The number of methoxy groups -OCH3 is 1. The van der Waals surface area contributed by atoms with Crippen LogP contribution in [0.1, 0.15) is 12.0 Å². The number of halogens is 1. The molecular weight excluding hydrogens is 284 g/mol. The first kappa shape index (κ1) is 14.5. The molecule has 0 aromatic heterocycles. The first-order valence-corrected chi connectivity index (χ1v) is 6.49. The molecule has 0 aliphatic rings. The average molecular weight is 303 g/mol. The minimum Gasteiger partial charge on any atom is -0.493 e. The molecule has 0 aliphatic carbocycles. The minimum atomic E-state index is 0.646. The molecule has 4 heteroatoms. The van der Waals surface area contributed by atoms with E-state index >= 15 is 0 Å². The molecule has 0 amide bonds. The topological polar surface area (TPSA) is 27.7 Å². The van der Waals surface area contributed by atoms with Crippen molar-refractivity contribution in [2.75, 3.05) is 33.5 Å². The van der Waals surface area contributed by atoms with Crippen LogP contribution in [0.3, 0.4) is 0 Å². The summed E-state index contributed by atoms with van der Waals surface area (Å²) in [5, 5.41) is 0. The summed E-state index contributed by atoms with van der Waals surface area (Å²) in [6, 6.07) is 6.01. The molecule has 0 saturated carbocycles. The van der Waals surface area contributed by atoms with Crippen LogP contribution in [0.2, 0.25) is 0 Å². The van der Waals surface area contributed by atoms with E-state index in [1.165, 1.54) is 0 Å². The predicted octanol–water partition coefficient (Wildman–Crippen LogP) is 3.19.